The van der Waals surface area contributed by atoms with E-state index in [9.17, 15) is 4.79 Å². The summed E-state index contributed by atoms with van der Waals surface area (Å²) < 4.78 is 36.4. The first-order valence-electron chi connectivity index (χ1n) is 18.3. The maximum absolute atomic E-state index is 12.5. The molecule has 0 unspecified atom stereocenters. The summed E-state index contributed by atoms with van der Waals surface area (Å²) in [5.41, 5.74) is 1.62. The highest BCUT2D eigenvalue weighted by molar-refractivity contribution is 6.99. The second-order valence-corrected chi connectivity index (χ2v) is 24.5. The number of hydrogen-bond donors (Lipinski definition) is 0. The third-order valence-electron chi connectivity index (χ3n) is 10.8. The van der Waals surface area contributed by atoms with Gasteiger partial charge in [-0.1, -0.05) is 137 Å². The Morgan fingerprint density at radius 1 is 0.741 bits per heavy atom. The maximum atomic E-state index is 12.5. The molecule has 0 radical (unpaired) electrons. The lowest BCUT2D eigenvalue weighted by Crippen LogP contribution is -2.66. The van der Waals surface area contributed by atoms with Crippen LogP contribution < -0.4 is 15.6 Å². The molecule has 4 atom stereocenters. The summed E-state index contributed by atoms with van der Waals surface area (Å²) in [6, 6.07) is 31.4. The van der Waals surface area contributed by atoms with Crippen LogP contribution >= 0.6 is 0 Å². The second-order valence-electron chi connectivity index (χ2n) is 15.5. The number of nitrogens with zero attached hydrogens (tertiary/aromatic N) is 3. The molecule has 1 saturated heterocycles. The molecular weight excluding hydrogens is 715 g/mol. The molecule has 280 valence electrons. The number of benzene rings is 3. The lowest BCUT2D eigenvalue weighted by atomic mass is 9.98. The van der Waals surface area contributed by atoms with Crippen molar-refractivity contribution in [3.8, 4) is 23.2 Å². The number of ether oxygens (including phenoxy) is 2. The van der Waals surface area contributed by atoms with Crippen molar-refractivity contribution >= 4 is 37.9 Å². The predicted molar refractivity (Wildman–Crippen MR) is 211 cm³/mol. The highest BCUT2D eigenvalue weighted by Gasteiger charge is 2.53. The van der Waals surface area contributed by atoms with E-state index in [-0.39, 0.29) is 53.6 Å². The number of hydrogen-bond acceptors (Lipinski definition) is 10. The van der Waals surface area contributed by atoms with Gasteiger partial charge < -0.3 is 27.2 Å². The highest BCUT2D eigenvalue weighted by Crippen LogP contribution is 2.51. The quantitative estimate of drug-likeness (QED) is 0.0907. The standard InChI is InChI=1S/C42H47N3O7Si2/c1-28-38(52-35(23-37(46)47-5)39(28)53(6,7)29-17-11-8-12-18-29)32-24-49-41(44-32)34-26-50-40(45-34)33-25-48-36(43-33)27-51-54(42(2,3)4,30-19-13-9-14-20-30)31-21-15-10-16-22-31/h8-22,24-26,28,35,38-39H,23,27H2,1-7H3/t28-,35-,38+,39+/m1/s1. The van der Waals surface area contributed by atoms with E-state index in [1.165, 1.54) is 35.2 Å². The fourth-order valence-corrected chi connectivity index (χ4v) is 16.8. The first-order valence-corrected chi connectivity index (χ1v) is 23.3. The van der Waals surface area contributed by atoms with E-state index in [2.05, 4.69) is 119 Å². The van der Waals surface area contributed by atoms with Crippen LogP contribution in [-0.2, 0) is 25.3 Å². The van der Waals surface area contributed by atoms with Crippen LogP contribution in [0.25, 0.3) is 23.2 Å². The number of carbonyl (C=O) groups is 1. The van der Waals surface area contributed by atoms with Crippen LogP contribution in [0.4, 0.5) is 0 Å². The molecule has 6 aromatic rings. The predicted octanol–water partition coefficient (Wildman–Crippen LogP) is 7.69. The minimum Gasteiger partial charge on any atom is -0.469 e. The first kappa shape index (κ1) is 37.4. The molecule has 0 amide bonds. The minimum atomic E-state index is -2.79. The van der Waals surface area contributed by atoms with Gasteiger partial charge in [-0.2, -0.15) is 0 Å². The van der Waals surface area contributed by atoms with Gasteiger partial charge in [-0.15, -0.1) is 0 Å². The molecule has 0 aliphatic carbocycles. The Bertz CT molecular complexity index is 2120. The molecule has 4 heterocycles. The molecule has 7 rings (SSSR count). The van der Waals surface area contributed by atoms with Gasteiger partial charge in [0.15, 0.2) is 11.4 Å². The molecule has 0 spiro atoms. The summed E-state index contributed by atoms with van der Waals surface area (Å²) in [6.07, 6.45) is 4.10. The van der Waals surface area contributed by atoms with Crippen LogP contribution in [0.3, 0.4) is 0 Å². The van der Waals surface area contributed by atoms with Crippen molar-refractivity contribution in [1.82, 2.24) is 15.0 Å². The fraction of sp³-hybridized carbons (Fsp3) is 0.333. The van der Waals surface area contributed by atoms with Crippen molar-refractivity contribution in [3.63, 3.8) is 0 Å². The molecule has 0 saturated carbocycles. The molecule has 12 heteroatoms. The third-order valence-corrected chi connectivity index (χ3v) is 20.2. The summed E-state index contributed by atoms with van der Waals surface area (Å²) in [5, 5.41) is 3.46. The fourth-order valence-electron chi connectivity index (χ4n) is 8.30. The number of rotatable bonds is 12. The van der Waals surface area contributed by atoms with Crippen LogP contribution in [0.2, 0.25) is 23.7 Å². The van der Waals surface area contributed by atoms with Crippen LogP contribution in [0.15, 0.2) is 123 Å². The smallest absolute Gasteiger partial charge is 0.308 e. The zero-order chi connectivity index (χ0) is 38.1. The molecule has 3 aromatic carbocycles. The van der Waals surface area contributed by atoms with Crippen molar-refractivity contribution < 1.29 is 31.9 Å². The number of methoxy groups -OCH3 is 1. The van der Waals surface area contributed by atoms with E-state index in [0.29, 0.717) is 28.9 Å². The van der Waals surface area contributed by atoms with E-state index in [1.54, 1.807) is 6.26 Å². The average molecular weight is 762 g/mol. The molecule has 1 aliphatic rings. The van der Waals surface area contributed by atoms with Crippen LogP contribution in [0.5, 0.6) is 0 Å². The summed E-state index contributed by atoms with van der Waals surface area (Å²) in [5.74, 6) is 0.748. The lowest BCUT2D eigenvalue weighted by molar-refractivity contribution is -0.143. The Balaban J connectivity index is 1.10. The van der Waals surface area contributed by atoms with E-state index in [4.69, 9.17) is 37.1 Å². The topological polar surface area (TPSA) is 123 Å². The van der Waals surface area contributed by atoms with Crippen LogP contribution in [0, 0.1) is 5.92 Å². The number of oxazole rings is 3. The molecule has 1 aliphatic heterocycles. The molecule has 10 nitrogen and oxygen atoms in total. The highest BCUT2D eigenvalue weighted by atomic mass is 28.4. The minimum absolute atomic E-state index is 0.0620. The van der Waals surface area contributed by atoms with Gasteiger partial charge in [0.05, 0.1) is 27.7 Å². The largest absolute Gasteiger partial charge is 0.469 e. The average Bonchev–Trinajstić information content (AvgIpc) is 4.00. The Hall–Kier alpha value is -4.89. The molecule has 0 bridgehead atoms. The van der Waals surface area contributed by atoms with Gasteiger partial charge in [0.25, 0.3) is 8.32 Å². The maximum Gasteiger partial charge on any atom is 0.308 e. The van der Waals surface area contributed by atoms with Crippen molar-refractivity contribution in [2.75, 3.05) is 7.11 Å². The van der Waals surface area contributed by atoms with Gasteiger partial charge >= 0.3 is 5.97 Å². The van der Waals surface area contributed by atoms with Gasteiger partial charge in [-0.25, -0.2) is 15.0 Å². The van der Waals surface area contributed by atoms with Crippen molar-refractivity contribution in [2.24, 2.45) is 5.92 Å². The summed E-state index contributed by atoms with van der Waals surface area (Å²) in [7, 11) is -3.50. The monoisotopic (exact) mass is 761 g/mol. The van der Waals surface area contributed by atoms with Crippen molar-refractivity contribution in [3.05, 3.63) is 121 Å². The van der Waals surface area contributed by atoms with Gasteiger partial charge in [-0.3, -0.25) is 4.79 Å². The zero-order valence-corrected chi connectivity index (χ0v) is 33.8. The zero-order valence-electron chi connectivity index (χ0n) is 31.8. The van der Waals surface area contributed by atoms with Crippen LogP contribution in [0.1, 0.15) is 51.8 Å². The Kier molecular flexibility index (Phi) is 10.5. The Morgan fingerprint density at radius 2 is 1.28 bits per heavy atom. The Morgan fingerprint density at radius 3 is 1.87 bits per heavy atom. The SMILES string of the molecule is COC(=O)C[C@H]1O[C@H](c2coc(-c3coc(-c4coc(CO[Si](c5ccccc5)(c5ccccc5)C(C)(C)C)n4)n3)n2)[C@@H](C)[C@@H]1[Si](C)(C)c1ccccc1. The summed E-state index contributed by atoms with van der Waals surface area (Å²) in [4.78, 5) is 26.7. The van der Waals surface area contributed by atoms with E-state index in [1.807, 2.05) is 18.2 Å². The van der Waals surface area contributed by atoms with Gasteiger partial charge in [0.2, 0.25) is 17.7 Å². The molecule has 54 heavy (non-hydrogen) atoms. The normalized spacial score (nSPS) is 19.2. The number of carbonyl (C=O) groups excluding carboxylic acids is 1. The van der Waals surface area contributed by atoms with Gasteiger partial charge in [-0.05, 0) is 26.9 Å². The molecule has 0 N–H and O–H groups in total. The van der Waals surface area contributed by atoms with Crippen molar-refractivity contribution in [1.29, 1.82) is 0 Å². The summed E-state index contributed by atoms with van der Waals surface area (Å²) >= 11 is 0. The number of esters is 1. The number of aromatic nitrogens is 3. The summed E-state index contributed by atoms with van der Waals surface area (Å²) in [6.45, 7) is 13.7. The molecular formula is C42H47N3O7Si2. The van der Waals surface area contributed by atoms with E-state index in [0.717, 1.165) is 0 Å². The Labute approximate surface area is 318 Å². The van der Waals surface area contributed by atoms with Gasteiger partial charge in [0.1, 0.15) is 37.2 Å². The third kappa shape index (κ3) is 7.06. The van der Waals surface area contributed by atoms with Crippen LogP contribution in [-0.4, -0.2) is 50.5 Å². The van der Waals surface area contributed by atoms with E-state index < -0.39 is 16.4 Å². The van der Waals surface area contributed by atoms with E-state index >= 15 is 0 Å². The van der Waals surface area contributed by atoms with Crippen molar-refractivity contribution in [2.45, 2.75) is 76.6 Å². The molecule has 1 fully saturated rings. The molecule has 3 aromatic heterocycles. The first-order chi connectivity index (χ1) is 25.9. The lowest BCUT2D eigenvalue weighted by Gasteiger charge is -2.42. The second kappa shape index (κ2) is 15.1. The van der Waals surface area contributed by atoms with Gasteiger partial charge in [0, 0.05) is 0 Å².